The lowest BCUT2D eigenvalue weighted by atomic mass is 9.70. The van der Waals surface area contributed by atoms with E-state index in [1.807, 2.05) is 0 Å². The zero-order valence-electron chi connectivity index (χ0n) is 34.6. The molecular weight excluding hydrogens is 725 g/mol. The van der Waals surface area contributed by atoms with Gasteiger partial charge < -0.3 is 9.80 Å². The third kappa shape index (κ3) is 6.41. The van der Waals surface area contributed by atoms with Crippen molar-refractivity contribution >= 4 is 23.4 Å². The molecule has 0 amide bonds. The molecule has 9 aliphatic rings. The summed E-state index contributed by atoms with van der Waals surface area (Å²) in [5.74, 6) is 5.48. The molecule has 0 N–H and O–H groups in total. The number of hydrogen-bond acceptors (Lipinski definition) is 5. The van der Waals surface area contributed by atoms with Crippen molar-refractivity contribution in [2.45, 2.75) is 125 Å². The average Bonchev–Trinajstić information content (AvgIpc) is 3.83. The second kappa shape index (κ2) is 15.5. The molecule has 10 atom stereocenters. The van der Waals surface area contributed by atoms with Gasteiger partial charge in [-0.25, -0.2) is 9.98 Å². The van der Waals surface area contributed by atoms with Gasteiger partial charge in [0.15, 0.2) is 0 Å². The Balaban J connectivity index is 1.01. The molecule has 58 heavy (non-hydrogen) atoms. The van der Waals surface area contributed by atoms with E-state index in [0.717, 1.165) is 37.4 Å². The lowest BCUT2D eigenvalue weighted by molar-refractivity contribution is 0.145. The molecule has 2 aromatic carbocycles. The third-order valence-corrected chi connectivity index (χ3v) is 17.0. The molecular formula is C53H60N4S. The van der Waals surface area contributed by atoms with Crippen molar-refractivity contribution < 1.29 is 0 Å². The van der Waals surface area contributed by atoms with Gasteiger partial charge in [0.25, 0.3) is 0 Å². The van der Waals surface area contributed by atoms with Gasteiger partial charge in [-0.05, 0) is 135 Å². The minimum atomic E-state index is -0.0820. The minimum Gasteiger partial charge on any atom is -0.361 e. The molecule has 3 aliphatic heterocycles. The van der Waals surface area contributed by atoms with Crippen LogP contribution >= 0.6 is 11.8 Å². The largest absolute Gasteiger partial charge is 0.361 e. The second-order valence-electron chi connectivity index (χ2n) is 18.7. The topological polar surface area (TPSA) is 31.2 Å². The molecule has 3 heterocycles. The van der Waals surface area contributed by atoms with Gasteiger partial charge in [0.05, 0.1) is 6.04 Å². The van der Waals surface area contributed by atoms with E-state index in [1.54, 1.807) is 28.0 Å². The van der Waals surface area contributed by atoms with Crippen LogP contribution in [-0.4, -0.2) is 52.0 Å². The summed E-state index contributed by atoms with van der Waals surface area (Å²) >= 11 is 2.20. The van der Waals surface area contributed by atoms with Crippen LogP contribution in [0.4, 0.5) is 0 Å². The van der Waals surface area contributed by atoms with Gasteiger partial charge in [-0.3, -0.25) is 0 Å². The van der Waals surface area contributed by atoms with Gasteiger partial charge in [-0.15, -0.1) is 11.8 Å². The van der Waals surface area contributed by atoms with Crippen molar-refractivity contribution in [2.75, 3.05) is 7.05 Å². The van der Waals surface area contributed by atoms with E-state index in [2.05, 4.69) is 145 Å². The van der Waals surface area contributed by atoms with E-state index in [-0.39, 0.29) is 6.17 Å². The Labute approximate surface area is 351 Å². The average molecular weight is 785 g/mol. The standard InChI is InChI=1S/C53H60N4S/c1-34-26-27-38(32-43(34)35-16-6-3-7-17-35)39-28-30-46(44(33-39)53-55-51(36-18-8-4-9-19-36)54-52(56(53)2)37-20-10-5-11-21-37)57-45-24-14-12-23-42(45)49-47(57)31-29-41-40-22-13-15-25-48(40)58-50(41)49/h4-6,8,10-11,13,15-17,20-25,27,33-34,36,39,41,43,46-47,49-50,53H,3,7,9,12,14,18-19,26,28-32H2,1-2H3/t34?,36?,39-,41?,43?,46?,47?,49?,50?,53?/m1/s1. The fraction of sp³-hybridized carbons (Fsp3) is 0.472. The monoisotopic (exact) mass is 784 g/mol. The fourth-order valence-electron chi connectivity index (χ4n) is 12.6. The minimum absolute atomic E-state index is 0.0820. The van der Waals surface area contributed by atoms with Crippen molar-refractivity contribution in [1.82, 2.24) is 9.80 Å². The number of thioether (sulfide) groups is 1. The van der Waals surface area contributed by atoms with E-state index < -0.39 is 0 Å². The number of rotatable bonds is 6. The number of hydrogen-bond donors (Lipinski definition) is 0. The molecule has 1 saturated carbocycles. The number of nitrogens with zero attached hydrogens (tertiary/aromatic N) is 4. The van der Waals surface area contributed by atoms with Crippen LogP contribution in [0, 0.1) is 29.6 Å². The van der Waals surface area contributed by atoms with Crippen LogP contribution in [-0.2, 0) is 0 Å². The molecule has 2 fully saturated rings. The first-order chi connectivity index (χ1) is 28.6. The van der Waals surface area contributed by atoms with Crippen LogP contribution in [0.25, 0.3) is 0 Å². The maximum Gasteiger partial charge on any atom is 0.148 e. The fourth-order valence-corrected chi connectivity index (χ4v) is 14.3. The van der Waals surface area contributed by atoms with Gasteiger partial charge in [-0.2, -0.15) is 0 Å². The van der Waals surface area contributed by atoms with Crippen molar-refractivity contribution in [3.05, 3.63) is 148 Å². The predicted molar refractivity (Wildman–Crippen MR) is 242 cm³/mol. The highest BCUT2D eigenvalue weighted by atomic mass is 32.2. The zero-order chi connectivity index (χ0) is 38.7. The first-order valence-corrected chi connectivity index (χ1v) is 23.8. The third-order valence-electron chi connectivity index (χ3n) is 15.5. The van der Waals surface area contributed by atoms with E-state index in [4.69, 9.17) is 9.98 Å². The summed E-state index contributed by atoms with van der Waals surface area (Å²) in [7, 11) is 2.29. The quantitative estimate of drug-likeness (QED) is 0.273. The van der Waals surface area contributed by atoms with Crippen molar-refractivity contribution in [3.63, 3.8) is 0 Å². The number of likely N-dealkylation sites (N-methyl/N-ethyl adjacent to an activating group) is 1. The van der Waals surface area contributed by atoms with Crippen molar-refractivity contribution in [3.8, 4) is 0 Å². The number of likely N-dealkylation sites (tertiary alicyclic amines) is 1. The molecule has 5 heteroatoms. The number of benzene rings is 2. The maximum atomic E-state index is 5.83. The summed E-state index contributed by atoms with van der Waals surface area (Å²) in [5, 5.41) is 0.616. The molecule has 0 bridgehead atoms. The summed E-state index contributed by atoms with van der Waals surface area (Å²) in [6.45, 7) is 2.49. The molecule has 0 aromatic heterocycles. The molecule has 1 saturated heterocycles. The molecule has 0 spiro atoms. The number of amidine groups is 2. The summed E-state index contributed by atoms with van der Waals surface area (Å²) in [6.07, 6.45) is 38.0. The molecule has 6 aliphatic carbocycles. The van der Waals surface area contributed by atoms with Crippen LogP contribution in [0.15, 0.2) is 152 Å². The molecule has 2 aromatic rings. The van der Waals surface area contributed by atoms with Crippen LogP contribution in [0.3, 0.4) is 0 Å². The first kappa shape index (κ1) is 36.9. The second-order valence-corrected chi connectivity index (χ2v) is 20.0. The molecule has 9 unspecified atom stereocenters. The SMILES string of the molecule is CC1CC=C([C@H]2C=C(C3N=C(C4CC=CCC4)N=C(c4ccccc4)N3C)C(N3C4=CCCC=C4C4C5Sc6ccccc6C5CCC43)CC2)CC1C1=CCCC=C1. The first-order valence-electron chi connectivity index (χ1n) is 22.9. The van der Waals surface area contributed by atoms with Crippen LogP contribution in [0.5, 0.6) is 0 Å². The number of aliphatic imine (C=N–C) groups is 2. The summed E-state index contributed by atoms with van der Waals surface area (Å²) < 4.78 is 0. The van der Waals surface area contributed by atoms with Gasteiger partial charge >= 0.3 is 0 Å². The highest BCUT2D eigenvalue weighted by Gasteiger charge is 2.55. The smallest absolute Gasteiger partial charge is 0.148 e. The molecule has 11 rings (SSSR count). The van der Waals surface area contributed by atoms with Crippen molar-refractivity contribution in [2.24, 2.45) is 39.6 Å². The Hall–Kier alpha value is -4.09. The van der Waals surface area contributed by atoms with Crippen LogP contribution < -0.4 is 0 Å². The van der Waals surface area contributed by atoms with Gasteiger partial charge in [-0.1, -0.05) is 116 Å². The highest BCUT2D eigenvalue weighted by Crippen LogP contribution is 2.61. The van der Waals surface area contributed by atoms with Gasteiger partial charge in [0.2, 0.25) is 0 Å². The van der Waals surface area contributed by atoms with Gasteiger partial charge in [0.1, 0.15) is 17.8 Å². The van der Waals surface area contributed by atoms with E-state index >= 15 is 0 Å². The number of allylic oxidation sites excluding steroid dienone is 12. The Morgan fingerprint density at radius 2 is 1.62 bits per heavy atom. The Bertz CT molecular complexity index is 2220. The van der Waals surface area contributed by atoms with Crippen molar-refractivity contribution in [1.29, 1.82) is 0 Å². The van der Waals surface area contributed by atoms with E-state index in [1.165, 1.54) is 73.8 Å². The van der Waals surface area contributed by atoms with Crippen LogP contribution in [0.1, 0.15) is 107 Å². The highest BCUT2D eigenvalue weighted by molar-refractivity contribution is 8.00. The Morgan fingerprint density at radius 3 is 2.48 bits per heavy atom. The van der Waals surface area contributed by atoms with Crippen LogP contribution in [0.2, 0.25) is 0 Å². The predicted octanol–water partition coefficient (Wildman–Crippen LogP) is 12.4. The van der Waals surface area contributed by atoms with E-state index in [0.29, 0.717) is 52.8 Å². The maximum absolute atomic E-state index is 5.83. The number of fused-ring (bicyclic) bond motifs is 7. The lowest BCUT2D eigenvalue weighted by Gasteiger charge is -2.47. The summed E-state index contributed by atoms with van der Waals surface area (Å²) in [6, 6.07) is 21.1. The lowest BCUT2D eigenvalue weighted by Crippen LogP contribution is -2.52. The Morgan fingerprint density at radius 1 is 0.759 bits per heavy atom. The molecule has 298 valence electrons. The molecule has 4 nitrogen and oxygen atoms in total. The normalized spacial score (nSPS) is 35.3. The molecule has 0 radical (unpaired) electrons. The summed E-state index contributed by atoms with van der Waals surface area (Å²) in [4.78, 5) is 18.3. The van der Waals surface area contributed by atoms with E-state index in [9.17, 15) is 0 Å². The summed E-state index contributed by atoms with van der Waals surface area (Å²) in [5.41, 5.74) is 10.8. The zero-order valence-corrected chi connectivity index (χ0v) is 35.4. The van der Waals surface area contributed by atoms with Gasteiger partial charge in [0, 0.05) is 46.3 Å². The Kier molecular flexibility index (Phi) is 9.87.